The zero-order chi connectivity index (χ0) is 17.6. The summed E-state index contributed by atoms with van der Waals surface area (Å²) in [6.45, 7) is 3.02. The maximum atomic E-state index is 12.3. The lowest BCUT2D eigenvalue weighted by Gasteiger charge is -2.36. The molecule has 0 atom stereocenters. The Morgan fingerprint density at radius 1 is 1.12 bits per heavy atom. The van der Waals surface area contributed by atoms with Gasteiger partial charge in [-0.3, -0.25) is 14.9 Å². The van der Waals surface area contributed by atoms with Crippen molar-refractivity contribution >= 4 is 29.0 Å². The van der Waals surface area contributed by atoms with Gasteiger partial charge in [0.2, 0.25) is 5.91 Å². The number of anilines is 1. The van der Waals surface area contributed by atoms with Gasteiger partial charge in [-0.05, 0) is 18.2 Å². The molecule has 1 aliphatic rings. The number of benzene rings is 1. The van der Waals surface area contributed by atoms with Crippen molar-refractivity contribution in [2.45, 2.75) is 5.03 Å². The van der Waals surface area contributed by atoms with Gasteiger partial charge in [0.05, 0.1) is 15.7 Å². The van der Waals surface area contributed by atoms with Crippen molar-refractivity contribution in [1.82, 2.24) is 9.88 Å². The van der Waals surface area contributed by atoms with Crippen LogP contribution in [-0.2, 0) is 4.79 Å². The van der Waals surface area contributed by atoms with Crippen LogP contribution < -0.4 is 4.90 Å². The number of para-hydroxylation sites is 1. The highest BCUT2D eigenvalue weighted by Gasteiger charge is 2.21. The summed E-state index contributed by atoms with van der Waals surface area (Å²) in [5.74, 6) is 0.355. The van der Waals surface area contributed by atoms with Gasteiger partial charge in [-0.1, -0.05) is 30.0 Å². The molecule has 1 amide bonds. The summed E-state index contributed by atoms with van der Waals surface area (Å²) in [5.41, 5.74) is 1.13. The topological polar surface area (TPSA) is 79.6 Å². The van der Waals surface area contributed by atoms with E-state index in [1.54, 1.807) is 6.07 Å². The third kappa shape index (κ3) is 4.48. The molecule has 3 rings (SSSR count). The molecular formula is C17H18N4O3S. The van der Waals surface area contributed by atoms with Crippen molar-refractivity contribution in [2.24, 2.45) is 0 Å². The van der Waals surface area contributed by atoms with Gasteiger partial charge in [0, 0.05) is 37.9 Å². The highest BCUT2D eigenvalue weighted by atomic mass is 32.2. The van der Waals surface area contributed by atoms with Crippen molar-refractivity contribution in [1.29, 1.82) is 0 Å². The van der Waals surface area contributed by atoms with Gasteiger partial charge in [0.25, 0.3) is 5.69 Å². The summed E-state index contributed by atoms with van der Waals surface area (Å²) in [6, 6.07) is 13.1. The van der Waals surface area contributed by atoms with E-state index < -0.39 is 4.92 Å². The molecule has 0 saturated carbocycles. The third-order valence-corrected chi connectivity index (χ3v) is 4.96. The first-order valence-corrected chi connectivity index (χ1v) is 8.93. The van der Waals surface area contributed by atoms with Crippen molar-refractivity contribution in [3.63, 3.8) is 0 Å². The van der Waals surface area contributed by atoms with E-state index in [9.17, 15) is 14.9 Å². The minimum Gasteiger partial charge on any atom is -0.368 e. The summed E-state index contributed by atoms with van der Waals surface area (Å²) in [7, 11) is 0. The Morgan fingerprint density at radius 2 is 1.84 bits per heavy atom. The highest BCUT2D eigenvalue weighted by Crippen LogP contribution is 2.20. The number of rotatable bonds is 5. The van der Waals surface area contributed by atoms with Crippen LogP contribution in [0, 0.1) is 10.1 Å². The maximum Gasteiger partial charge on any atom is 0.287 e. The molecule has 7 nitrogen and oxygen atoms in total. The van der Waals surface area contributed by atoms with Gasteiger partial charge in [-0.25, -0.2) is 4.98 Å². The van der Waals surface area contributed by atoms with Crippen LogP contribution in [0.3, 0.4) is 0 Å². The lowest BCUT2D eigenvalue weighted by Crippen LogP contribution is -2.49. The fourth-order valence-electron chi connectivity index (χ4n) is 2.65. The Balaban J connectivity index is 1.47. The fourth-order valence-corrected chi connectivity index (χ4v) is 3.39. The van der Waals surface area contributed by atoms with E-state index in [-0.39, 0.29) is 17.3 Å². The van der Waals surface area contributed by atoms with Crippen molar-refractivity contribution < 1.29 is 9.72 Å². The molecule has 0 bridgehead atoms. The Bertz CT molecular complexity index is 731. The minimum atomic E-state index is -0.487. The van der Waals surface area contributed by atoms with Crippen LogP contribution in [0.5, 0.6) is 0 Å². The Hall–Kier alpha value is -2.61. The molecule has 2 heterocycles. The maximum absolute atomic E-state index is 12.3. The predicted octanol–water partition coefficient (Wildman–Crippen LogP) is 2.43. The van der Waals surface area contributed by atoms with Crippen molar-refractivity contribution in [2.75, 3.05) is 36.8 Å². The molecule has 0 unspecified atom stereocenters. The fraction of sp³-hybridized carbons (Fsp3) is 0.294. The van der Waals surface area contributed by atoms with E-state index in [4.69, 9.17) is 0 Å². The number of carbonyl (C=O) groups is 1. The quantitative estimate of drug-likeness (QED) is 0.464. The van der Waals surface area contributed by atoms with E-state index >= 15 is 0 Å². The number of nitrogens with zero attached hydrogens (tertiary/aromatic N) is 4. The van der Waals surface area contributed by atoms with Gasteiger partial charge < -0.3 is 9.80 Å². The second-order valence-electron chi connectivity index (χ2n) is 5.60. The zero-order valence-electron chi connectivity index (χ0n) is 13.6. The molecule has 0 aliphatic carbocycles. The summed E-state index contributed by atoms with van der Waals surface area (Å²) in [5, 5.41) is 11.2. The molecule has 2 aromatic rings. The first-order valence-electron chi connectivity index (χ1n) is 7.94. The molecule has 1 aromatic heterocycles. The van der Waals surface area contributed by atoms with E-state index in [0.717, 1.165) is 13.1 Å². The van der Waals surface area contributed by atoms with Crippen molar-refractivity contribution in [3.8, 4) is 0 Å². The lowest BCUT2D eigenvalue weighted by atomic mass is 10.2. The van der Waals surface area contributed by atoms with E-state index in [1.807, 2.05) is 23.1 Å². The molecule has 1 fully saturated rings. The van der Waals surface area contributed by atoms with Gasteiger partial charge in [0.15, 0.2) is 0 Å². The number of hydrogen-bond donors (Lipinski definition) is 0. The van der Waals surface area contributed by atoms with E-state index in [2.05, 4.69) is 22.0 Å². The largest absolute Gasteiger partial charge is 0.368 e. The number of amides is 1. The van der Waals surface area contributed by atoms with Gasteiger partial charge in [0.1, 0.15) is 6.20 Å². The first-order chi connectivity index (χ1) is 12.1. The van der Waals surface area contributed by atoms with Gasteiger partial charge in [-0.15, -0.1) is 0 Å². The molecule has 1 aliphatic heterocycles. The Labute approximate surface area is 149 Å². The van der Waals surface area contributed by atoms with Gasteiger partial charge >= 0.3 is 0 Å². The molecule has 0 spiro atoms. The van der Waals surface area contributed by atoms with E-state index in [1.165, 1.54) is 29.7 Å². The second kappa shape index (κ2) is 7.98. The van der Waals surface area contributed by atoms with Crippen LogP contribution >= 0.6 is 11.8 Å². The molecular weight excluding hydrogens is 340 g/mol. The Morgan fingerprint density at radius 3 is 2.44 bits per heavy atom. The molecule has 0 N–H and O–H groups in total. The number of carbonyl (C=O) groups excluding carboxylic acids is 1. The van der Waals surface area contributed by atoms with Crippen LogP contribution in [0.25, 0.3) is 0 Å². The van der Waals surface area contributed by atoms with Crippen molar-refractivity contribution in [3.05, 3.63) is 58.8 Å². The number of hydrogen-bond acceptors (Lipinski definition) is 6. The van der Waals surface area contributed by atoms with Gasteiger partial charge in [-0.2, -0.15) is 0 Å². The SMILES string of the molecule is O=C(CSc1ccc([N+](=O)[O-])cn1)N1CCN(c2ccccc2)CC1. The number of piperazine rings is 1. The van der Waals surface area contributed by atoms with Crippen LogP contribution in [0.15, 0.2) is 53.7 Å². The molecule has 1 saturated heterocycles. The van der Waals surface area contributed by atoms with Crippen LogP contribution in [0.1, 0.15) is 0 Å². The monoisotopic (exact) mass is 358 g/mol. The first kappa shape index (κ1) is 17.2. The van der Waals surface area contributed by atoms with Crippen LogP contribution in [-0.4, -0.2) is 52.6 Å². The number of aromatic nitrogens is 1. The smallest absolute Gasteiger partial charge is 0.287 e. The average molecular weight is 358 g/mol. The lowest BCUT2D eigenvalue weighted by molar-refractivity contribution is -0.385. The molecule has 0 radical (unpaired) electrons. The summed E-state index contributed by atoms with van der Waals surface area (Å²) in [4.78, 5) is 30.6. The minimum absolute atomic E-state index is 0.0484. The summed E-state index contributed by atoms with van der Waals surface area (Å²) >= 11 is 1.30. The molecule has 130 valence electrons. The normalized spacial score (nSPS) is 14.4. The number of thioether (sulfide) groups is 1. The Kier molecular flexibility index (Phi) is 5.49. The third-order valence-electron chi connectivity index (χ3n) is 4.03. The predicted molar refractivity (Wildman–Crippen MR) is 96.9 cm³/mol. The van der Waals surface area contributed by atoms with Crippen LogP contribution in [0.4, 0.5) is 11.4 Å². The second-order valence-corrected chi connectivity index (χ2v) is 6.60. The standard InChI is InChI=1S/C17H18N4O3S/c22-17(13-25-16-7-6-15(12-18-16)21(23)24)20-10-8-19(9-11-20)14-4-2-1-3-5-14/h1-7,12H,8-11,13H2. The zero-order valence-corrected chi connectivity index (χ0v) is 14.4. The number of pyridine rings is 1. The molecule has 1 aromatic carbocycles. The summed E-state index contributed by atoms with van der Waals surface area (Å²) < 4.78 is 0. The van der Waals surface area contributed by atoms with Crippen LogP contribution in [0.2, 0.25) is 0 Å². The average Bonchev–Trinajstić information content (AvgIpc) is 2.67. The molecule has 8 heteroatoms. The highest BCUT2D eigenvalue weighted by molar-refractivity contribution is 7.99. The van der Waals surface area contributed by atoms with E-state index in [0.29, 0.717) is 18.1 Å². The molecule has 25 heavy (non-hydrogen) atoms. The number of nitro groups is 1. The summed E-state index contributed by atoms with van der Waals surface area (Å²) in [6.07, 6.45) is 1.21.